The fraction of sp³-hybridized carbons (Fsp3) is 0.0476. The maximum Gasteiger partial charge on any atom is 0.307 e. The minimum atomic E-state index is -0.443. The van der Waals surface area contributed by atoms with Crippen molar-refractivity contribution in [3.05, 3.63) is 80.6 Å². The Labute approximate surface area is 187 Å². The Morgan fingerprint density at radius 1 is 1.07 bits per heavy atom. The van der Waals surface area contributed by atoms with Gasteiger partial charge in [-0.15, -0.1) is 0 Å². The molecule has 0 aliphatic carbocycles. The van der Waals surface area contributed by atoms with E-state index < -0.39 is 5.91 Å². The van der Waals surface area contributed by atoms with Crippen molar-refractivity contribution in [2.45, 2.75) is 16.9 Å². The van der Waals surface area contributed by atoms with Crippen molar-refractivity contribution in [1.29, 1.82) is 0 Å². The normalized spacial score (nSPS) is 11.4. The van der Waals surface area contributed by atoms with Crippen LogP contribution in [-0.4, -0.2) is 12.1 Å². The van der Waals surface area contributed by atoms with Crippen LogP contribution in [0.2, 0.25) is 0 Å². The third-order valence-corrected chi connectivity index (χ3v) is 5.93. The van der Waals surface area contributed by atoms with Crippen molar-refractivity contribution in [1.82, 2.24) is 5.43 Å². The Bertz CT molecular complexity index is 1210. The molecule has 0 saturated carbocycles. The third kappa shape index (κ3) is 4.83. The highest BCUT2D eigenvalue weighted by Gasteiger charge is 2.14. The molecule has 0 aliphatic rings. The van der Waals surface area contributed by atoms with E-state index in [1.807, 2.05) is 37.3 Å². The number of amides is 1. The molecule has 5 nitrogen and oxygen atoms in total. The van der Waals surface area contributed by atoms with Gasteiger partial charge in [0.1, 0.15) is 11.3 Å². The molecule has 4 aromatic rings. The van der Waals surface area contributed by atoms with Crippen LogP contribution >= 0.6 is 43.6 Å². The van der Waals surface area contributed by atoms with Crippen molar-refractivity contribution in [2.24, 2.45) is 5.10 Å². The number of hydrogen-bond acceptors (Lipinski definition) is 5. The largest absolute Gasteiger partial charge is 0.450 e. The molecular weight excluding hydrogens is 520 g/mol. The summed E-state index contributed by atoms with van der Waals surface area (Å²) in [5.41, 5.74) is 4.26. The molecular formula is C21H14Br2N2O3S. The zero-order chi connectivity index (χ0) is 20.4. The topological polar surface area (TPSA) is 67.7 Å². The van der Waals surface area contributed by atoms with Gasteiger partial charge in [-0.25, -0.2) is 5.43 Å². The van der Waals surface area contributed by atoms with Crippen molar-refractivity contribution in [3.8, 4) is 0 Å². The number of hydrazone groups is 1. The van der Waals surface area contributed by atoms with Gasteiger partial charge in [0.2, 0.25) is 0 Å². The molecule has 1 N–H and O–H groups in total. The Kier molecular flexibility index (Phi) is 5.94. The van der Waals surface area contributed by atoms with Gasteiger partial charge in [-0.2, -0.15) is 5.10 Å². The molecule has 0 unspecified atom stereocenters. The number of aryl methyl sites for hydroxylation is 1. The van der Waals surface area contributed by atoms with E-state index in [-0.39, 0.29) is 5.76 Å². The van der Waals surface area contributed by atoms with Gasteiger partial charge in [0.15, 0.2) is 10.9 Å². The summed E-state index contributed by atoms with van der Waals surface area (Å²) in [4.78, 5) is 13.4. The number of nitrogens with one attached hydrogen (secondary N) is 1. The summed E-state index contributed by atoms with van der Waals surface area (Å²) in [6, 6.07) is 17.2. The Morgan fingerprint density at radius 3 is 2.66 bits per heavy atom. The molecule has 1 amide bonds. The van der Waals surface area contributed by atoms with Crippen molar-refractivity contribution in [3.63, 3.8) is 0 Å². The molecule has 29 heavy (non-hydrogen) atoms. The summed E-state index contributed by atoms with van der Waals surface area (Å²) >= 11 is 8.36. The molecule has 0 bridgehead atoms. The molecule has 2 aromatic carbocycles. The van der Waals surface area contributed by atoms with Gasteiger partial charge in [-0.1, -0.05) is 45.4 Å². The van der Waals surface area contributed by atoms with Crippen molar-refractivity contribution in [2.75, 3.05) is 0 Å². The van der Waals surface area contributed by atoms with E-state index in [9.17, 15) is 4.79 Å². The number of fused-ring (bicyclic) bond motifs is 1. The molecule has 2 heterocycles. The van der Waals surface area contributed by atoms with Crippen LogP contribution < -0.4 is 5.43 Å². The predicted molar refractivity (Wildman–Crippen MR) is 121 cm³/mol. The van der Waals surface area contributed by atoms with Crippen LogP contribution in [0.5, 0.6) is 0 Å². The van der Waals surface area contributed by atoms with E-state index in [2.05, 4.69) is 54.5 Å². The van der Waals surface area contributed by atoms with E-state index >= 15 is 0 Å². The first-order valence-corrected chi connectivity index (χ1v) is 10.9. The second-order valence-corrected chi connectivity index (χ2v) is 9.04. The first-order chi connectivity index (χ1) is 14.0. The van der Waals surface area contributed by atoms with E-state index in [0.29, 0.717) is 11.3 Å². The lowest BCUT2D eigenvalue weighted by molar-refractivity contribution is 0.0929. The van der Waals surface area contributed by atoms with Crippen LogP contribution in [0.1, 0.15) is 21.9 Å². The number of halogens is 2. The summed E-state index contributed by atoms with van der Waals surface area (Å²) in [6.45, 7) is 2.05. The van der Waals surface area contributed by atoms with Crippen LogP contribution in [-0.2, 0) is 0 Å². The molecule has 0 radical (unpaired) electrons. The Balaban J connectivity index is 1.40. The van der Waals surface area contributed by atoms with E-state index in [0.717, 1.165) is 24.3 Å². The minimum Gasteiger partial charge on any atom is -0.450 e. The van der Waals surface area contributed by atoms with Crippen molar-refractivity contribution < 1.29 is 13.6 Å². The molecule has 0 saturated heterocycles. The number of furan rings is 2. The van der Waals surface area contributed by atoms with Crippen LogP contribution in [0.15, 0.2) is 87.5 Å². The highest BCUT2D eigenvalue weighted by molar-refractivity contribution is 9.11. The highest BCUT2D eigenvalue weighted by atomic mass is 79.9. The minimum absolute atomic E-state index is 0.172. The summed E-state index contributed by atoms with van der Waals surface area (Å²) in [6.07, 6.45) is 1.45. The maximum atomic E-state index is 12.3. The Hall–Kier alpha value is -2.29. The fourth-order valence-corrected chi connectivity index (χ4v) is 4.70. The predicted octanol–water partition coefficient (Wildman–Crippen LogP) is 6.77. The lowest BCUT2D eigenvalue weighted by atomic mass is 10.2. The van der Waals surface area contributed by atoms with Gasteiger partial charge in [0, 0.05) is 14.8 Å². The summed E-state index contributed by atoms with van der Waals surface area (Å²) < 4.78 is 13.0. The number of carbonyl (C=O) groups excluding carboxylic acids is 1. The van der Waals surface area contributed by atoms with Gasteiger partial charge in [0.25, 0.3) is 0 Å². The monoisotopic (exact) mass is 532 g/mol. The third-order valence-electron chi connectivity index (χ3n) is 3.96. The molecule has 8 heteroatoms. The zero-order valence-electron chi connectivity index (χ0n) is 15.1. The van der Waals surface area contributed by atoms with Crippen LogP contribution in [0.4, 0.5) is 0 Å². The number of benzene rings is 2. The van der Waals surface area contributed by atoms with Crippen LogP contribution in [0, 0.1) is 6.92 Å². The second kappa shape index (κ2) is 8.61. The smallest absolute Gasteiger partial charge is 0.307 e. The molecule has 2 aromatic heterocycles. The van der Waals surface area contributed by atoms with Gasteiger partial charge in [-0.05, 0) is 65.3 Å². The van der Waals surface area contributed by atoms with Crippen LogP contribution in [0.3, 0.4) is 0 Å². The van der Waals surface area contributed by atoms with Gasteiger partial charge in [0.05, 0.1) is 10.7 Å². The molecule has 146 valence electrons. The van der Waals surface area contributed by atoms with Crippen LogP contribution in [0.25, 0.3) is 11.0 Å². The number of nitrogens with zero attached hydrogens (tertiary/aromatic N) is 1. The molecule has 4 rings (SSSR count). The summed E-state index contributed by atoms with van der Waals surface area (Å²) in [7, 11) is 0. The van der Waals surface area contributed by atoms with Gasteiger partial charge < -0.3 is 8.83 Å². The average molecular weight is 534 g/mol. The lowest BCUT2D eigenvalue weighted by Gasteiger charge is -1.98. The zero-order valence-corrected chi connectivity index (χ0v) is 19.1. The van der Waals surface area contributed by atoms with Gasteiger partial charge >= 0.3 is 5.91 Å². The first-order valence-electron chi connectivity index (χ1n) is 8.54. The van der Waals surface area contributed by atoms with E-state index in [4.69, 9.17) is 8.83 Å². The lowest BCUT2D eigenvalue weighted by Crippen LogP contribution is -2.16. The number of rotatable bonds is 5. The highest BCUT2D eigenvalue weighted by Crippen LogP contribution is 2.31. The SMILES string of the molecule is Cc1ccc(Sc2ccc(/C=N\NC(=O)c3cc4cc(Br)cc(Br)c4o3)o2)cc1. The summed E-state index contributed by atoms with van der Waals surface area (Å²) in [5.74, 6) is 0.267. The quantitative estimate of drug-likeness (QED) is 0.227. The number of hydrogen-bond donors (Lipinski definition) is 1. The first kappa shape index (κ1) is 20.0. The Morgan fingerprint density at radius 2 is 1.86 bits per heavy atom. The molecule has 0 atom stereocenters. The fourth-order valence-electron chi connectivity index (χ4n) is 2.58. The van der Waals surface area contributed by atoms with E-state index in [1.54, 1.807) is 12.1 Å². The van der Waals surface area contributed by atoms with Crippen molar-refractivity contribution >= 4 is 66.7 Å². The molecule has 0 spiro atoms. The molecule has 0 aliphatic heterocycles. The molecule has 0 fully saturated rings. The van der Waals surface area contributed by atoms with Gasteiger partial charge in [-0.3, -0.25) is 4.79 Å². The maximum absolute atomic E-state index is 12.3. The van der Waals surface area contributed by atoms with E-state index in [1.165, 1.54) is 23.5 Å². The second-order valence-electron chi connectivity index (χ2n) is 6.19. The summed E-state index contributed by atoms with van der Waals surface area (Å²) in [5, 5.41) is 5.51. The standard InChI is InChI=1S/C21H14Br2N2O3S/c1-12-2-5-16(6-3-12)29-19-7-4-15(27-19)11-24-25-21(26)18-9-13-8-14(22)10-17(23)20(13)28-18/h2-11H,1H3,(H,25,26)/b24-11-. The number of carbonyl (C=O) groups is 1. The average Bonchev–Trinajstić information content (AvgIpc) is 3.30.